The highest BCUT2D eigenvalue weighted by molar-refractivity contribution is 6.33. The smallest absolute Gasteiger partial charge is 0.339 e. The number of hydrogen-bond donors (Lipinski definition) is 0. The van der Waals surface area contributed by atoms with Crippen LogP contribution in [-0.2, 0) is 4.74 Å². The molecule has 0 saturated heterocycles. The third-order valence-electron chi connectivity index (χ3n) is 4.60. The first-order valence-electron chi connectivity index (χ1n) is 7.94. The zero-order valence-electron chi connectivity index (χ0n) is 13.6. The van der Waals surface area contributed by atoms with Gasteiger partial charge in [-0.05, 0) is 36.7 Å². The van der Waals surface area contributed by atoms with Crippen LogP contribution in [0.5, 0.6) is 0 Å². The topological polar surface area (TPSA) is 69.4 Å². The van der Waals surface area contributed by atoms with E-state index in [1.54, 1.807) is 0 Å². The van der Waals surface area contributed by atoms with Gasteiger partial charge in [-0.2, -0.15) is 0 Å². The fraction of sp³-hybridized carbons (Fsp3) is 0.588. The number of rotatable bonds is 4. The monoisotopic (exact) mass is 339 g/mol. The van der Waals surface area contributed by atoms with Crippen molar-refractivity contribution in [2.75, 3.05) is 0 Å². The largest absolute Gasteiger partial charge is 0.458 e. The average Bonchev–Trinajstić information content (AvgIpc) is 2.46. The van der Waals surface area contributed by atoms with E-state index in [1.807, 2.05) is 0 Å². The van der Waals surface area contributed by atoms with Crippen molar-refractivity contribution in [1.82, 2.24) is 0 Å². The predicted octanol–water partition coefficient (Wildman–Crippen LogP) is 4.87. The number of non-ortho nitro benzene ring substituents is 1. The minimum atomic E-state index is -0.543. The van der Waals surface area contributed by atoms with Crippen molar-refractivity contribution in [1.29, 1.82) is 0 Å². The Morgan fingerprint density at radius 2 is 2.09 bits per heavy atom. The Balaban J connectivity index is 2.15. The summed E-state index contributed by atoms with van der Waals surface area (Å²) in [5, 5.41) is 10.8. The SMILES string of the molecule is CC(C)[C@@H]1CC[C@@H](C)C[C@@H]1OC(=O)c1ccc([N+](=O)[O-])cc1Cl. The summed E-state index contributed by atoms with van der Waals surface area (Å²) in [5.41, 5.74) is 0.0379. The van der Waals surface area contributed by atoms with E-state index < -0.39 is 10.9 Å². The molecular formula is C17H22ClNO4. The van der Waals surface area contributed by atoms with Crippen molar-refractivity contribution < 1.29 is 14.5 Å². The molecule has 0 heterocycles. The van der Waals surface area contributed by atoms with Crippen LogP contribution in [0.3, 0.4) is 0 Å². The summed E-state index contributed by atoms with van der Waals surface area (Å²) in [4.78, 5) is 22.6. The van der Waals surface area contributed by atoms with E-state index in [2.05, 4.69) is 20.8 Å². The van der Waals surface area contributed by atoms with Crippen molar-refractivity contribution in [3.8, 4) is 0 Å². The number of nitro groups is 1. The lowest BCUT2D eigenvalue weighted by molar-refractivity contribution is -0.384. The maximum Gasteiger partial charge on any atom is 0.339 e. The van der Waals surface area contributed by atoms with E-state index in [4.69, 9.17) is 16.3 Å². The van der Waals surface area contributed by atoms with Crippen LogP contribution < -0.4 is 0 Å². The molecule has 1 aliphatic rings. The Morgan fingerprint density at radius 1 is 1.39 bits per heavy atom. The highest BCUT2D eigenvalue weighted by Gasteiger charge is 2.34. The van der Waals surface area contributed by atoms with Crippen molar-refractivity contribution in [3.63, 3.8) is 0 Å². The van der Waals surface area contributed by atoms with Crippen molar-refractivity contribution in [2.45, 2.75) is 46.1 Å². The molecule has 6 heteroatoms. The number of nitrogens with zero attached hydrogens (tertiary/aromatic N) is 1. The Morgan fingerprint density at radius 3 is 2.65 bits per heavy atom. The number of halogens is 1. The second-order valence-electron chi connectivity index (χ2n) is 6.69. The van der Waals surface area contributed by atoms with Crippen molar-refractivity contribution >= 4 is 23.3 Å². The van der Waals surface area contributed by atoms with E-state index in [0.717, 1.165) is 19.3 Å². The fourth-order valence-corrected chi connectivity index (χ4v) is 3.49. The Kier molecular flexibility index (Phi) is 5.63. The summed E-state index contributed by atoms with van der Waals surface area (Å²) >= 11 is 6.01. The summed E-state index contributed by atoms with van der Waals surface area (Å²) in [6.45, 7) is 6.44. The van der Waals surface area contributed by atoms with Gasteiger partial charge in [0.1, 0.15) is 6.10 Å². The standard InChI is InChI=1S/C17H22ClNO4/c1-10(2)13-6-4-11(3)8-16(13)23-17(20)14-7-5-12(19(21)22)9-15(14)18/h5,7,9-11,13,16H,4,6,8H2,1-3H3/t11-,13+,16+/m1/s1. The van der Waals surface area contributed by atoms with E-state index in [1.165, 1.54) is 18.2 Å². The van der Waals surface area contributed by atoms with Gasteiger partial charge in [0.2, 0.25) is 0 Å². The number of hydrogen-bond acceptors (Lipinski definition) is 4. The normalized spacial score (nSPS) is 24.5. The van der Waals surface area contributed by atoms with Crippen molar-refractivity contribution in [2.24, 2.45) is 17.8 Å². The third kappa shape index (κ3) is 4.22. The van der Waals surface area contributed by atoms with Crippen LogP contribution in [0.1, 0.15) is 50.4 Å². The Bertz CT molecular complexity index is 602. The Hall–Kier alpha value is -1.62. The molecule has 2 rings (SSSR count). The lowest BCUT2D eigenvalue weighted by atomic mass is 9.75. The molecule has 0 unspecified atom stereocenters. The summed E-state index contributed by atoms with van der Waals surface area (Å²) in [7, 11) is 0. The molecule has 1 saturated carbocycles. The minimum absolute atomic E-state index is 0.0501. The molecule has 0 N–H and O–H groups in total. The molecule has 1 aromatic rings. The molecule has 0 bridgehead atoms. The average molecular weight is 340 g/mol. The van der Waals surface area contributed by atoms with Gasteiger partial charge in [0.05, 0.1) is 15.5 Å². The zero-order valence-corrected chi connectivity index (χ0v) is 14.4. The first-order chi connectivity index (χ1) is 10.8. The third-order valence-corrected chi connectivity index (χ3v) is 4.92. The maximum atomic E-state index is 12.4. The molecule has 3 atom stereocenters. The quantitative estimate of drug-likeness (QED) is 0.446. The second kappa shape index (κ2) is 7.30. The molecule has 1 aromatic carbocycles. The number of carbonyl (C=O) groups excluding carboxylic acids is 1. The number of nitro benzene ring substituents is 1. The number of benzene rings is 1. The van der Waals surface area contributed by atoms with Crippen LogP contribution in [0, 0.1) is 27.9 Å². The molecule has 0 spiro atoms. The summed E-state index contributed by atoms with van der Waals surface area (Å²) in [6.07, 6.45) is 2.91. The highest BCUT2D eigenvalue weighted by atomic mass is 35.5. The first kappa shape index (κ1) is 17.7. The zero-order chi connectivity index (χ0) is 17.1. The lowest BCUT2D eigenvalue weighted by Gasteiger charge is -2.36. The van der Waals surface area contributed by atoms with Crippen LogP contribution in [0.25, 0.3) is 0 Å². The molecule has 126 valence electrons. The molecule has 1 aliphatic carbocycles. The predicted molar refractivity (Wildman–Crippen MR) is 88.7 cm³/mol. The molecular weight excluding hydrogens is 318 g/mol. The molecule has 5 nitrogen and oxygen atoms in total. The molecule has 0 aliphatic heterocycles. The van der Waals surface area contributed by atoms with Gasteiger partial charge in [0.25, 0.3) is 5.69 Å². The highest BCUT2D eigenvalue weighted by Crippen LogP contribution is 2.36. The van der Waals surface area contributed by atoms with E-state index >= 15 is 0 Å². The number of carbonyl (C=O) groups is 1. The molecule has 0 amide bonds. The van der Waals surface area contributed by atoms with E-state index in [-0.39, 0.29) is 22.4 Å². The number of ether oxygens (including phenoxy) is 1. The molecule has 0 radical (unpaired) electrons. The second-order valence-corrected chi connectivity index (χ2v) is 7.10. The van der Waals surface area contributed by atoms with Gasteiger partial charge < -0.3 is 4.74 Å². The molecule has 1 fully saturated rings. The molecule has 0 aromatic heterocycles. The minimum Gasteiger partial charge on any atom is -0.458 e. The van der Waals surface area contributed by atoms with Gasteiger partial charge in [-0.25, -0.2) is 4.79 Å². The van der Waals surface area contributed by atoms with E-state index in [0.29, 0.717) is 17.8 Å². The van der Waals surface area contributed by atoms with Gasteiger partial charge in [0, 0.05) is 12.1 Å². The summed E-state index contributed by atoms with van der Waals surface area (Å²) < 4.78 is 5.71. The van der Waals surface area contributed by atoms with Crippen LogP contribution in [-0.4, -0.2) is 17.0 Å². The van der Waals surface area contributed by atoms with Gasteiger partial charge >= 0.3 is 5.97 Å². The first-order valence-corrected chi connectivity index (χ1v) is 8.32. The van der Waals surface area contributed by atoms with Crippen LogP contribution in [0.4, 0.5) is 5.69 Å². The van der Waals surface area contributed by atoms with Crippen LogP contribution in [0.2, 0.25) is 5.02 Å². The van der Waals surface area contributed by atoms with E-state index in [9.17, 15) is 14.9 Å². The summed E-state index contributed by atoms with van der Waals surface area (Å²) in [5.74, 6) is 0.796. The van der Waals surface area contributed by atoms with Gasteiger partial charge in [-0.3, -0.25) is 10.1 Å². The molecule has 23 heavy (non-hydrogen) atoms. The Labute approximate surface area is 141 Å². The summed E-state index contributed by atoms with van der Waals surface area (Å²) in [6, 6.07) is 3.81. The maximum absolute atomic E-state index is 12.4. The van der Waals surface area contributed by atoms with Gasteiger partial charge in [0.15, 0.2) is 0 Å². The fourth-order valence-electron chi connectivity index (χ4n) is 3.23. The lowest BCUT2D eigenvalue weighted by Crippen LogP contribution is -2.35. The van der Waals surface area contributed by atoms with Crippen molar-refractivity contribution in [3.05, 3.63) is 38.9 Å². The van der Waals surface area contributed by atoms with Gasteiger partial charge in [-0.1, -0.05) is 38.8 Å². The number of esters is 1. The van der Waals surface area contributed by atoms with Gasteiger partial charge in [-0.15, -0.1) is 0 Å². The van der Waals surface area contributed by atoms with Crippen LogP contribution >= 0.6 is 11.6 Å². The van der Waals surface area contributed by atoms with Crippen LogP contribution in [0.15, 0.2) is 18.2 Å².